The lowest BCUT2D eigenvalue weighted by atomic mass is 10.1. The number of ether oxygens (including phenoxy) is 1. The summed E-state index contributed by atoms with van der Waals surface area (Å²) in [6.07, 6.45) is 0. The summed E-state index contributed by atoms with van der Waals surface area (Å²) in [6, 6.07) is 11.6. The minimum Gasteiger partial charge on any atom is -0.496 e. The van der Waals surface area contributed by atoms with Crippen molar-refractivity contribution in [1.29, 1.82) is 0 Å². The van der Waals surface area contributed by atoms with E-state index in [2.05, 4.69) is 5.32 Å². The first kappa shape index (κ1) is 20.6. The Morgan fingerprint density at radius 2 is 1.86 bits per heavy atom. The number of carbonyl (C=O) groups is 1. The van der Waals surface area contributed by atoms with Gasteiger partial charge in [0.25, 0.3) is 5.91 Å². The lowest BCUT2D eigenvalue weighted by molar-refractivity contribution is -1.02. The van der Waals surface area contributed by atoms with Gasteiger partial charge < -0.3 is 19.9 Å². The first-order chi connectivity index (χ1) is 13.5. The highest BCUT2D eigenvalue weighted by molar-refractivity contribution is 6.30. The van der Waals surface area contributed by atoms with Gasteiger partial charge in [-0.05, 0) is 49.4 Å². The van der Waals surface area contributed by atoms with Gasteiger partial charge in [0.15, 0.2) is 6.04 Å². The third-order valence-corrected chi connectivity index (χ3v) is 5.65. The number of piperazine rings is 1. The molecule has 3 rings (SSSR count). The summed E-state index contributed by atoms with van der Waals surface area (Å²) in [6.45, 7) is 6.31. The molecule has 2 aromatic carbocycles. The van der Waals surface area contributed by atoms with Crippen LogP contribution in [0.4, 0.5) is 10.1 Å². The molecule has 0 spiro atoms. The molecule has 3 N–H and O–H groups in total. The lowest BCUT2D eigenvalue weighted by Crippen LogP contribution is -3.29. The molecule has 1 amide bonds. The van der Waals surface area contributed by atoms with Gasteiger partial charge >= 0.3 is 0 Å². The van der Waals surface area contributed by atoms with Crippen LogP contribution in [0.2, 0.25) is 5.02 Å². The van der Waals surface area contributed by atoms with E-state index < -0.39 is 0 Å². The van der Waals surface area contributed by atoms with Crippen molar-refractivity contribution in [3.8, 4) is 5.75 Å². The molecule has 0 aromatic heterocycles. The number of carbonyl (C=O) groups excluding carboxylic acids is 1. The van der Waals surface area contributed by atoms with Crippen LogP contribution in [-0.4, -0.2) is 45.2 Å². The lowest BCUT2D eigenvalue weighted by Gasteiger charge is -2.32. The molecular formula is C21H27ClFN3O2+2. The summed E-state index contributed by atoms with van der Waals surface area (Å²) in [7, 11) is 1.61. The topological polar surface area (TPSA) is 47.2 Å². The van der Waals surface area contributed by atoms with Crippen molar-refractivity contribution < 1.29 is 23.7 Å². The summed E-state index contributed by atoms with van der Waals surface area (Å²) in [5, 5.41) is 3.60. The van der Waals surface area contributed by atoms with Crippen LogP contribution in [0.3, 0.4) is 0 Å². The second kappa shape index (κ2) is 9.37. The minimum absolute atomic E-state index is 0.00701. The Balaban J connectivity index is 1.52. The van der Waals surface area contributed by atoms with Gasteiger partial charge in [-0.1, -0.05) is 11.6 Å². The van der Waals surface area contributed by atoms with Crippen LogP contribution in [0.1, 0.15) is 12.5 Å². The number of halogens is 2. The molecule has 1 fully saturated rings. The van der Waals surface area contributed by atoms with Crippen LogP contribution in [0.25, 0.3) is 0 Å². The van der Waals surface area contributed by atoms with E-state index in [9.17, 15) is 9.18 Å². The molecule has 0 aliphatic carbocycles. The molecule has 0 radical (unpaired) electrons. The van der Waals surface area contributed by atoms with Crippen molar-refractivity contribution in [3.05, 3.63) is 58.9 Å². The molecule has 0 unspecified atom stereocenters. The molecule has 7 heteroatoms. The van der Waals surface area contributed by atoms with E-state index in [1.807, 2.05) is 6.92 Å². The smallest absolute Gasteiger partial charge is 0.282 e. The average molecular weight is 408 g/mol. The molecule has 1 atom stereocenters. The third-order valence-electron chi connectivity index (χ3n) is 5.40. The number of benzene rings is 2. The molecule has 0 bridgehead atoms. The fraction of sp³-hybridized carbons (Fsp3) is 0.381. The Morgan fingerprint density at radius 1 is 1.18 bits per heavy atom. The van der Waals surface area contributed by atoms with Gasteiger partial charge in [-0.25, -0.2) is 4.39 Å². The van der Waals surface area contributed by atoms with Gasteiger partial charge in [0.05, 0.1) is 12.7 Å². The van der Waals surface area contributed by atoms with Crippen LogP contribution in [0.15, 0.2) is 42.5 Å². The number of hydrogen-bond donors (Lipinski definition) is 3. The number of hydrogen-bond acceptors (Lipinski definition) is 2. The summed E-state index contributed by atoms with van der Waals surface area (Å²) in [5.41, 5.74) is 1.64. The van der Waals surface area contributed by atoms with E-state index in [1.165, 1.54) is 15.9 Å². The molecule has 2 aromatic rings. The molecule has 28 heavy (non-hydrogen) atoms. The highest BCUT2D eigenvalue weighted by Crippen LogP contribution is 2.18. The maximum Gasteiger partial charge on any atom is 0.282 e. The molecule has 1 saturated heterocycles. The van der Waals surface area contributed by atoms with Crippen molar-refractivity contribution in [2.45, 2.75) is 19.5 Å². The monoisotopic (exact) mass is 407 g/mol. The highest BCUT2D eigenvalue weighted by atomic mass is 35.5. The molecule has 150 valence electrons. The number of nitrogens with one attached hydrogen (secondary N) is 3. The molecule has 1 heterocycles. The standard InChI is InChI=1S/C21H25ClFN3O2/c1-15(21(27)24-19-6-3-17(22)4-7-19)26-11-9-25(10-12-26)14-16-13-18(23)5-8-20(16)28-2/h3-8,13,15H,9-12,14H2,1-2H3,(H,24,27)/p+2/t15-/m0/s1. The predicted molar refractivity (Wildman–Crippen MR) is 108 cm³/mol. The molecule has 0 saturated carbocycles. The van der Waals surface area contributed by atoms with Crippen LogP contribution in [-0.2, 0) is 11.3 Å². The number of amides is 1. The van der Waals surface area contributed by atoms with Crippen LogP contribution in [0.5, 0.6) is 5.75 Å². The van der Waals surface area contributed by atoms with Gasteiger partial charge in [0.1, 0.15) is 44.3 Å². The van der Waals surface area contributed by atoms with E-state index in [1.54, 1.807) is 43.5 Å². The molecular weight excluding hydrogens is 381 g/mol. The Labute approximate surface area is 170 Å². The van der Waals surface area contributed by atoms with Gasteiger partial charge in [-0.15, -0.1) is 0 Å². The zero-order valence-electron chi connectivity index (χ0n) is 16.2. The molecule has 1 aliphatic heterocycles. The van der Waals surface area contributed by atoms with Gasteiger partial charge in [-0.3, -0.25) is 4.79 Å². The predicted octanol–water partition coefficient (Wildman–Crippen LogP) is 0.798. The number of quaternary nitrogens is 2. The summed E-state index contributed by atoms with van der Waals surface area (Å²) in [4.78, 5) is 15.2. The first-order valence-electron chi connectivity index (χ1n) is 9.53. The maximum absolute atomic E-state index is 13.6. The Hall–Kier alpha value is -2.15. The van der Waals surface area contributed by atoms with Gasteiger partial charge in [0.2, 0.25) is 0 Å². The second-order valence-electron chi connectivity index (χ2n) is 7.26. The van der Waals surface area contributed by atoms with E-state index in [4.69, 9.17) is 16.3 Å². The first-order valence-corrected chi connectivity index (χ1v) is 9.91. The summed E-state index contributed by atoms with van der Waals surface area (Å²) in [5.74, 6) is 0.485. The number of anilines is 1. The Morgan fingerprint density at radius 3 is 2.50 bits per heavy atom. The Bertz CT molecular complexity index is 808. The van der Waals surface area contributed by atoms with E-state index in [0.29, 0.717) is 5.02 Å². The second-order valence-corrected chi connectivity index (χ2v) is 7.70. The third kappa shape index (κ3) is 5.22. The highest BCUT2D eigenvalue weighted by Gasteiger charge is 2.31. The van der Waals surface area contributed by atoms with Crippen molar-refractivity contribution >= 4 is 23.2 Å². The quantitative estimate of drug-likeness (QED) is 0.663. The fourth-order valence-electron chi connectivity index (χ4n) is 3.66. The Kier molecular flexibility index (Phi) is 6.88. The van der Waals surface area contributed by atoms with Crippen LogP contribution in [0, 0.1) is 5.82 Å². The van der Waals surface area contributed by atoms with Crippen molar-refractivity contribution in [3.63, 3.8) is 0 Å². The number of rotatable bonds is 6. The van der Waals surface area contributed by atoms with Crippen molar-refractivity contribution in [1.82, 2.24) is 0 Å². The normalized spacial score (nSPS) is 20.4. The SMILES string of the molecule is COc1ccc(F)cc1C[NH+]1CC[NH+]([C@@H](C)C(=O)Nc2ccc(Cl)cc2)CC1. The fourth-order valence-corrected chi connectivity index (χ4v) is 3.78. The van der Waals surface area contributed by atoms with Crippen molar-refractivity contribution in [2.24, 2.45) is 0 Å². The number of methoxy groups -OCH3 is 1. The average Bonchev–Trinajstić information content (AvgIpc) is 2.70. The zero-order chi connectivity index (χ0) is 20.1. The zero-order valence-corrected chi connectivity index (χ0v) is 17.0. The van der Waals surface area contributed by atoms with E-state index >= 15 is 0 Å². The summed E-state index contributed by atoms with van der Waals surface area (Å²) < 4.78 is 18.9. The molecule has 1 aliphatic rings. The van der Waals surface area contributed by atoms with E-state index in [0.717, 1.165) is 49.7 Å². The van der Waals surface area contributed by atoms with E-state index in [-0.39, 0.29) is 17.8 Å². The molecule has 5 nitrogen and oxygen atoms in total. The minimum atomic E-state index is -0.244. The maximum atomic E-state index is 13.6. The summed E-state index contributed by atoms with van der Waals surface area (Å²) >= 11 is 5.88. The van der Waals surface area contributed by atoms with Crippen LogP contribution >= 0.6 is 11.6 Å². The largest absolute Gasteiger partial charge is 0.496 e. The van der Waals surface area contributed by atoms with Crippen molar-refractivity contribution in [2.75, 3.05) is 38.6 Å². The van der Waals surface area contributed by atoms with Gasteiger partial charge in [-0.2, -0.15) is 0 Å². The van der Waals surface area contributed by atoms with Gasteiger partial charge in [0, 0.05) is 10.7 Å². The van der Waals surface area contributed by atoms with Crippen LogP contribution < -0.4 is 19.9 Å².